The molecule has 2 rings (SSSR count). The molecule has 0 aliphatic heterocycles. The van der Waals surface area contributed by atoms with Gasteiger partial charge in [0.25, 0.3) is 0 Å². The van der Waals surface area contributed by atoms with Crippen LogP contribution in [0.25, 0.3) is 11.0 Å². The fourth-order valence-corrected chi connectivity index (χ4v) is 2.24. The summed E-state index contributed by atoms with van der Waals surface area (Å²) < 4.78 is 1.85. The zero-order valence-corrected chi connectivity index (χ0v) is 11.6. The maximum absolute atomic E-state index is 12.5. The van der Waals surface area contributed by atoms with Gasteiger partial charge in [-0.1, -0.05) is 18.2 Å². The number of carbonyl (C=O) groups is 1. The Morgan fingerprint density at radius 3 is 3.00 bits per heavy atom. The lowest BCUT2D eigenvalue weighted by molar-refractivity contribution is -0.134. The summed E-state index contributed by atoms with van der Waals surface area (Å²) in [5.41, 5.74) is 1.79. The number of fused-ring (bicyclic) bond motifs is 1. The van der Waals surface area contributed by atoms with Crippen molar-refractivity contribution in [3.63, 3.8) is 0 Å². The highest BCUT2D eigenvalue weighted by Gasteiger charge is 2.22. The van der Waals surface area contributed by atoms with Gasteiger partial charge >= 0.3 is 0 Å². The lowest BCUT2D eigenvalue weighted by Gasteiger charge is -2.24. The Morgan fingerprint density at radius 2 is 2.30 bits per heavy atom. The number of carbonyl (C=O) groups excluding carboxylic acids is 1. The molecule has 1 heterocycles. The number of aromatic nitrogens is 2. The van der Waals surface area contributed by atoms with Crippen molar-refractivity contribution in [1.82, 2.24) is 14.5 Å². The van der Waals surface area contributed by atoms with Crippen LogP contribution in [-0.2, 0) is 4.79 Å². The van der Waals surface area contributed by atoms with E-state index >= 15 is 0 Å². The third-order valence-corrected chi connectivity index (χ3v) is 3.29. The van der Waals surface area contributed by atoms with Crippen molar-refractivity contribution in [3.05, 3.63) is 43.2 Å². The Balaban J connectivity index is 2.27. The normalized spacial score (nSPS) is 12.3. The van der Waals surface area contributed by atoms with E-state index in [1.54, 1.807) is 17.3 Å². The molecule has 1 atom stereocenters. The van der Waals surface area contributed by atoms with Gasteiger partial charge in [-0.3, -0.25) is 4.79 Å². The highest BCUT2D eigenvalue weighted by atomic mass is 16.3. The number of nitrogens with zero attached hydrogens (tertiary/aromatic N) is 3. The minimum absolute atomic E-state index is 0.0536. The van der Waals surface area contributed by atoms with Crippen LogP contribution >= 0.6 is 0 Å². The van der Waals surface area contributed by atoms with Gasteiger partial charge in [-0.15, -0.1) is 6.58 Å². The van der Waals surface area contributed by atoms with Gasteiger partial charge in [0, 0.05) is 13.1 Å². The first-order valence-corrected chi connectivity index (χ1v) is 6.61. The van der Waals surface area contributed by atoms with Crippen LogP contribution in [-0.4, -0.2) is 45.2 Å². The van der Waals surface area contributed by atoms with Gasteiger partial charge in [0.05, 0.1) is 24.0 Å². The zero-order valence-electron chi connectivity index (χ0n) is 11.6. The molecule has 0 radical (unpaired) electrons. The van der Waals surface area contributed by atoms with E-state index in [2.05, 4.69) is 11.6 Å². The predicted molar refractivity (Wildman–Crippen MR) is 78.3 cm³/mol. The number of aliphatic hydroxyl groups is 1. The molecule has 1 aromatic heterocycles. The maximum Gasteiger partial charge on any atom is 0.245 e. The van der Waals surface area contributed by atoms with Gasteiger partial charge in [0.15, 0.2) is 0 Å². The third-order valence-electron chi connectivity index (χ3n) is 3.29. The van der Waals surface area contributed by atoms with Crippen molar-refractivity contribution in [1.29, 1.82) is 0 Å². The van der Waals surface area contributed by atoms with E-state index in [9.17, 15) is 4.79 Å². The molecule has 0 bridgehead atoms. The van der Waals surface area contributed by atoms with Crippen molar-refractivity contribution in [2.24, 2.45) is 0 Å². The van der Waals surface area contributed by atoms with Crippen LogP contribution in [0.3, 0.4) is 0 Å². The summed E-state index contributed by atoms with van der Waals surface area (Å²) >= 11 is 0. The fourth-order valence-electron chi connectivity index (χ4n) is 2.24. The standard InChI is InChI=1S/C15H19N3O2/c1-3-8-17(9-10-19)15(20)12(2)18-11-16-13-6-4-5-7-14(13)18/h3-7,11-12,19H,1,8-10H2,2H3. The van der Waals surface area contributed by atoms with Gasteiger partial charge < -0.3 is 14.6 Å². The van der Waals surface area contributed by atoms with Gasteiger partial charge in [0.1, 0.15) is 6.04 Å². The molecule has 1 N–H and O–H groups in total. The molecule has 106 valence electrons. The molecule has 20 heavy (non-hydrogen) atoms. The van der Waals surface area contributed by atoms with Crippen LogP contribution in [0.5, 0.6) is 0 Å². The van der Waals surface area contributed by atoms with Crippen molar-refractivity contribution in [3.8, 4) is 0 Å². The molecular formula is C15H19N3O2. The molecule has 0 fully saturated rings. The van der Waals surface area contributed by atoms with E-state index in [-0.39, 0.29) is 18.6 Å². The van der Waals surface area contributed by atoms with Crippen LogP contribution in [0.4, 0.5) is 0 Å². The molecule has 5 heteroatoms. The molecule has 1 aromatic carbocycles. The van der Waals surface area contributed by atoms with Crippen LogP contribution in [0.2, 0.25) is 0 Å². The van der Waals surface area contributed by atoms with Crippen LogP contribution in [0.15, 0.2) is 43.2 Å². The molecule has 0 saturated heterocycles. The highest BCUT2D eigenvalue weighted by molar-refractivity contribution is 5.83. The Bertz CT molecular complexity index is 606. The molecule has 0 aliphatic carbocycles. The first-order chi connectivity index (χ1) is 9.69. The molecule has 1 unspecified atom stereocenters. The molecule has 5 nitrogen and oxygen atoms in total. The quantitative estimate of drug-likeness (QED) is 0.813. The zero-order chi connectivity index (χ0) is 14.5. The minimum atomic E-state index is -0.367. The average Bonchev–Trinajstić information content (AvgIpc) is 2.89. The van der Waals surface area contributed by atoms with Crippen molar-refractivity contribution < 1.29 is 9.90 Å². The number of para-hydroxylation sites is 2. The molecule has 0 spiro atoms. The Labute approximate surface area is 118 Å². The van der Waals surface area contributed by atoms with Gasteiger partial charge in [-0.25, -0.2) is 4.98 Å². The smallest absolute Gasteiger partial charge is 0.245 e. The molecule has 1 amide bonds. The van der Waals surface area contributed by atoms with Crippen LogP contribution in [0, 0.1) is 0 Å². The Morgan fingerprint density at radius 1 is 1.55 bits per heavy atom. The molecule has 2 aromatic rings. The second kappa shape index (κ2) is 6.34. The Kier molecular flexibility index (Phi) is 4.53. The lowest BCUT2D eigenvalue weighted by Crippen LogP contribution is -2.38. The summed E-state index contributed by atoms with van der Waals surface area (Å²) in [4.78, 5) is 18.4. The third kappa shape index (κ3) is 2.72. The number of rotatable bonds is 6. The lowest BCUT2D eigenvalue weighted by atomic mass is 10.2. The SMILES string of the molecule is C=CCN(CCO)C(=O)C(C)n1cnc2ccccc21. The van der Waals surface area contributed by atoms with Gasteiger partial charge in [-0.2, -0.15) is 0 Å². The monoisotopic (exact) mass is 273 g/mol. The largest absolute Gasteiger partial charge is 0.395 e. The summed E-state index contributed by atoms with van der Waals surface area (Å²) in [6, 6.07) is 7.33. The van der Waals surface area contributed by atoms with Gasteiger partial charge in [0.2, 0.25) is 5.91 Å². The predicted octanol–water partition coefficient (Wildman–Crippen LogP) is 1.60. The highest BCUT2D eigenvalue weighted by Crippen LogP contribution is 2.18. The molecule has 0 aliphatic rings. The maximum atomic E-state index is 12.5. The van der Waals surface area contributed by atoms with E-state index in [0.717, 1.165) is 11.0 Å². The van der Waals surface area contributed by atoms with E-state index in [1.807, 2.05) is 35.8 Å². The number of aliphatic hydroxyl groups excluding tert-OH is 1. The fraction of sp³-hybridized carbons (Fsp3) is 0.333. The molecule has 0 saturated carbocycles. The van der Waals surface area contributed by atoms with E-state index in [4.69, 9.17) is 5.11 Å². The van der Waals surface area contributed by atoms with Crippen LogP contribution < -0.4 is 0 Å². The Hall–Kier alpha value is -2.14. The minimum Gasteiger partial charge on any atom is -0.395 e. The second-order valence-corrected chi connectivity index (χ2v) is 4.61. The van der Waals surface area contributed by atoms with Gasteiger partial charge in [-0.05, 0) is 19.1 Å². The van der Waals surface area contributed by atoms with E-state index < -0.39 is 0 Å². The molecular weight excluding hydrogens is 254 g/mol. The number of hydrogen-bond donors (Lipinski definition) is 1. The first-order valence-electron chi connectivity index (χ1n) is 6.61. The number of imidazole rings is 1. The summed E-state index contributed by atoms with van der Waals surface area (Å²) in [5, 5.41) is 9.05. The van der Waals surface area contributed by atoms with E-state index in [0.29, 0.717) is 13.1 Å². The first kappa shape index (κ1) is 14.3. The number of benzene rings is 1. The van der Waals surface area contributed by atoms with Crippen molar-refractivity contribution >= 4 is 16.9 Å². The second-order valence-electron chi connectivity index (χ2n) is 4.61. The van der Waals surface area contributed by atoms with E-state index in [1.165, 1.54) is 0 Å². The van der Waals surface area contributed by atoms with Crippen LogP contribution in [0.1, 0.15) is 13.0 Å². The summed E-state index contributed by atoms with van der Waals surface area (Å²) in [6.07, 6.45) is 3.34. The topological polar surface area (TPSA) is 58.4 Å². The van der Waals surface area contributed by atoms with Crippen molar-refractivity contribution in [2.45, 2.75) is 13.0 Å². The number of hydrogen-bond acceptors (Lipinski definition) is 3. The summed E-state index contributed by atoms with van der Waals surface area (Å²) in [6.45, 7) is 6.16. The average molecular weight is 273 g/mol. The summed E-state index contributed by atoms with van der Waals surface area (Å²) in [7, 11) is 0. The summed E-state index contributed by atoms with van der Waals surface area (Å²) in [5.74, 6) is -0.0536. The number of amides is 1. The van der Waals surface area contributed by atoms with Crippen molar-refractivity contribution in [2.75, 3.05) is 19.7 Å².